The van der Waals surface area contributed by atoms with Gasteiger partial charge in [0.2, 0.25) is 0 Å². The molecule has 2 aromatic carbocycles. The maximum Gasteiger partial charge on any atom is 0.274 e. The lowest BCUT2D eigenvalue weighted by Crippen LogP contribution is -2.43. The van der Waals surface area contributed by atoms with Gasteiger partial charge >= 0.3 is 0 Å². The molecule has 1 aliphatic heterocycles. The number of thiazole rings is 1. The molecule has 0 radical (unpaired) electrons. The number of phenolic OH excluding ortho intramolecular Hbond substituents is 2. The minimum atomic E-state index is -0.905. The van der Waals surface area contributed by atoms with Gasteiger partial charge in [0.25, 0.3) is 11.5 Å². The average molecular weight is 577 g/mol. The van der Waals surface area contributed by atoms with Gasteiger partial charge < -0.3 is 30.3 Å². The number of fused-ring (bicyclic) bond motifs is 1. The summed E-state index contributed by atoms with van der Waals surface area (Å²) in [5.74, 6) is -1.01. The predicted octanol–water partition coefficient (Wildman–Crippen LogP) is 2.41. The largest absolute Gasteiger partial charge is 0.504 e. The van der Waals surface area contributed by atoms with E-state index in [1.54, 1.807) is 35.2 Å². The molecule has 3 aromatic rings. The zero-order valence-electron chi connectivity index (χ0n) is 23.3. The molecule has 1 unspecified atom stereocenters. The molecule has 2 heterocycles. The number of ether oxygens (including phenoxy) is 2. The van der Waals surface area contributed by atoms with Crippen LogP contribution in [0.2, 0.25) is 0 Å². The van der Waals surface area contributed by atoms with E-state index >= 15 is 0 Å². The first kappa shape index (κ1) is 29.3. The van der Waals surface area contributed by atoms with Crippen molar-refractivity contribution < 1.29 is 24.5 Å². The van der Waals surface area contributed by atoms with Crippen LogP contribution in [0.15, 0.2) is 46.8 Å². The molecule has 0 saturated heterocycles. The number of rotatable bonds is 9. The molecule has 11 heteroatoms. The molecule has 0 fully saturated rings. The van der Waals surface area contributed by atoms with Gasteiger partial charge in [-0.15, -0.1) is 11.3 Å². The van der Waals surface area contributed by atoms with Crippen LogP contribution in [0.1, 0.15) is 43.7 Å². The third-order valence-electron chi connectivity index (χ3n) is 6.81. The smallest absolute Gasteiger partial charge is 0.274 e. The van der Waals surface area contributed by atoms with Crippen molar-refractivity contribution in [2.24, 2.45) is 5.73 Å². The highest BCUT2D eigenvalue weighted by atomic mass is 32.1. The average Bonchev–Trinajstić information content (AvgIpc) is 3.29. The van der Waals surface area contributed by atoms with E-state index < -0.39 is 11.5 Å². The minimum absolute atomic E-state index is 0.0410. The molecule has 0 aliphatic carbocycles. The number of amides is 1. The van der Waals surface area contributed by atoms with Crippen molar-refractivity contribution in [3.8, 4) is 29.1 Å². The lowest BCUT2D eigenvalue weighted by atomic mass is 9.83. The Morgan fingerprint density at radius 2 is 1.71 bits per heavy atom. The van der Waals surface area contributed by atoms with E-state index in [0.717, 1.165) is 24.2 Å². The molecule has 1 amide bonds. The number of methoxy groups -OCH3 is 2. The van der Waals surface area contributed by atoms with Crippen molar-refractivity contribution >= 4 is 34.7 Å². The van der Waals surface area contributed by atoms with Crippen LogP contribution in [0.3, 0.4) is 0 Å². The summed E-state index contributed by atoms with van der Waals surface area (Å²) < 4.78 is 12.3. The van der Waals surface area contributed by atoms with Crippen molar-refractivity contribution in [2.45, 2.75) is 32.6 Å². The fraction of sp³-hybridized carbons (Fsp3) is 0.300. The normalized spacial score (nSPS) is 15.0. The Kier molecular flexibility index (Phi) is 8.74. The molecule has 4 rings (SSSR count). The summed E-state index contributed by atoms with van der Waals surface area (Å²) >= 11 is 1.10. The number of benzene rings is 2. The summed E-state index contributed by atoms with van der Waals surface area (Å²) in [6, 6.07) is 11.4. The number of aromatic nitrogens is 1. The van der Waals surface area contributed by atoms with Crippen LogP contribution in [0.5, 0.6) is 23.0 Å². The van der Waals surface area contributed by atoms with E-state index in [1.165, 1.54) is 30.9 Å². The van der Waals surface area contributed by atoms with Gasteiger partial charge in [-0.3, -0.25) is 14.2 Å². The number of nitriles is 1. The SMILES string of the molecule is CCCN(CCC)C(=O)C1=c2s/c(=C/c3ccc(O)c(OC)c3)c(=O)n2C(N)=C(C#N)C1c1ccc(O)c(OC)c1. The summed E-state index contributed by atoms with van der Waals surface area (Å²) in [5.41, 5.74) is 7.40. The highest BCUT2D eigenvalue weighted by molar-refractivity contribution is 7.07. The lowest BCUT2D eigenvalue weighted by Gasteiger charge is -2.30. The van der Waals surface area contributed by atoms with Gasteiger partial charge in [-0.1, -0.05) is 26.0 Å². The van der Waals surface area contributed by atoms with Crippen LogP contribution < -0.4 is 30.0 Å². The zero-order valence-corrected chi connectivity index (χ0v) is 24.1. The van der Waals surface area contributed by atoms with Crippen molar-refractivity contribution in [3.05, 3.63) is 72.6 Å². The van der Waals surface area contributed by atoms with Crippen LogP contribution >= 0.6 is 11.3 Å². The van der Waals surface area contributed by atoms with Crippen LogP contribution in [0.4, 0.5) is 0 Å². The first-order chi connectivity index (χ1) is 19.7. The minimum Gasteiger partial charge on any atom is -0.504 e. The van der Waals surface area contributed by atoms with E-state index in [0.29, 0.717) is 28.9 Å². The zero-order chi connectivity index (χ0) is 29.8. The Bertz CT molecular complexity index is 1740. The van der Waals surface area contributed by atoms with Gasteiger partial charge in [-0.2, -0.15) is 5.26 Å². The van der Waals surface area contributed by atoms with Crippen LogP contribution in [0, 0.1) is 11.3 Å². The molecule has 214 valence electrons. The molecule has 0 saturated carbocycles. The number of carbonyl (C=O) groups is 1. The summed E-state index contributed by atoms with van der Waals surface area (Å²) in [6.07, 6.45) is 3.06. The van der Waals surface area contributed by atoms with Crippen molar-refractivity contribution in [1.29, 1.82) is 5.26 Å². The number of nitrogens with two attached hydrogens (primary N) is 1. The number of hydrogen-bond acceptors (Lipinski definition) is 9. The number of carbonyl (C=O) groups excluding carboxylic acids is 1. The third kappa shape index (κ3) is 5.38. The maximum atomic E-state index is 14.3. The third-order valence-corrected chi connectivity index (χ3v) is 7.92. The molecule has 1 atom stereocenters. The van der Waals surface area contributed by atoms with E-state index in [9.17, 15) is 25.1 Å². The van der Waals surface area contributed by atoms with Gasteiger partial charge in [0.05, 0.1) is 41.9 Å². The molecule has 0 spiro atoms. The van der Waals surface area contributed by atoms with Gasteiger partial charge in [0.15, 0.2) is 23.0 Å². The molecular weight excluding hydrogens is 544 g/mol. The standard InChI is InChI=1S/C30H32N4O6S/c1-5-11-33(12-6-2)29(38)26-25(18-8-10-21(36)23(15-18)40-4)19(16-31)27(32)34-28(37)24(41-30(26)34)14-17-7-9-20(35)22(13-17)39-3/h7-10,13-15,25,35-36H,5-6,11-12,32H2,1-4H3/b24-14+. The van der Waals surface area contributed by atoms with Gasteiger partial charge in [-0.05, 0) is 54.3 Å². The molecule has 41 heavy (non-hydrogen) atoms. The topological polar surface area (TPSA) is 151 Å². The van der Waals surface area contributed by atoms with Crippen LogP contribution in [-0.4, -0.2) is 52.9 Å². The highest BCUT2D eigenvalue weighted by Gasteiger charge is 2.37. The number of hydrogen-bond donors (Lipinski definition) is 3. The molecule has 4 N–H and O–H groups in total. The second-order valence-corrected chi connectivity index (χ2v) is 10.5. The van der Waals surface area contributed by atoms with Gasteiger partial charge in [0, 0.05) is 13.1 Å². The van der Waals surface area contributed by atoms with E-state index in [4.69, 9.17) is 15.2 Å². The highest BCUT2D eigenvalue weighted by Crippen LogP contribution is 2.40. The molecule has 0 bridgehead atoms. The fourth-order valence-electron chi connectivity index (χ4n) is 4.92. The lowest BCUT2D eigenvalue weighted by molar-refractivity contribution is -0.125. The fourth-order valence-corrected chi connectivity index (χ4v) is 6.09. The molecule has 1 aliphatic rings. The van der Waals surface area contributed by atoms with Crippen LogP contribution in [-0.2, 0) is 4.79 Å². The quantitative estimate of drug-likeness (QED) is 0.351. The Labute approximate surface area is 241 Å². The first-order valence-electron chi connectivity index (χ1n) is 13.1. The summed E-state index contributed by atoms with van der Waals surface area (Å²) in [4.78, 5) is 29.7. The van der Waals surface area contributed by atoms with Gasteiger partial charge in [-0.25, -0.2) is 0 Å². The van der Waals surface area contributed by atoms with Crippen molar-refractivity contribution in [1.82, 2.24) is 9.47 Å². The monoisotopic (exact) mass is 576 g/mol. The van der Waals surface area contributed by atoms with E-state index in [-0.39, 0.29) is 50.4 Å². The second-order valence-electron chi connectivity index (χ2n) is 9.47. The van der Waals surface area contributed by atoms with E-state index in [2.05, 4.69) is 6.07 Å². The van der Waals surface area contributed by atoms with E-state index in [1.807, 2.05) is 13.8 Å². The molecule has 10 nitrogen and oxygen atoms in total. The predicted molar refractivity (Wildman–Crippen MR) is 157 cm³/mol. The number of nitrogens with zero attached hydrogens (tertiary/aromatic N) is 3. The van der Waals surface area contributed by atoms with Crippen molar-refractivity contribution in [3.63, 3.8) is 0 Å². The number of aromatic hydroxyl groups is 2. The van der Waals surface area contributed by atoms with Gasteiger partial charge in [0.1, 0.15) is 10.5 Å². The second kappa shape index (κ2) is 12.2. The summed E-state index contributed by atoms with van der Waals surface area (Å²) in [5, 5.41) is 30.5. The Hall–Kier alpha value is -4.69. The Morgan fingerprint density at radius 3 is 2.29 bits per heavy atom. The molecule has 1 aromatic heterocycles. The van der Waals surface area contributed by atoms with Crippen LogP contribution in [0.25, 0.3) is 17.5 Å². The Morgan fingerprint density at radius 1 is 1.10 bits per heavy atom. The maximum absolute atomic E-state index is 14.3. The number of allylic oxidation sites excluding steroid dienone is 1. The summed E-state index contributed by atoms with van der Waals surface area (Å²) in [6.45, 7) is 4.93. The van der Waals surface area contributed by atoms with Crippen molar-refractivity contribution in [2.75, 3.05) is 27.3 Å². The Balaban J connectivity index is 2.10. The number of phenols is 2. The first-order valence-corrected chi connectivity index (χ1v) is 13.9. The molecular formula is C30H32N4O6S. The summed E-state index contributed by atoms with van der Waals surface area (Å²) in [7, 11) is 2.84.